The number of hydrogen-bond donors (Lipinski definition) is 0. The molecule has 1 heterocycles. The van der Waals surface area contributed by atoms with Crippen LogP contribution in [0.15, 0.2) is 12.8 Å². The van der Waals surface area contributed by atoms with Crippen LogP contribution in [0.5, 0.6) is 0 Å². The lowest BCUT2D eigenvalue weighted by molar-refractivity contribution is -0.315. The van der Waals surface area contributed by atoms with E-state index >= 15 is 0 Å². The Morgan fingerprint density at radius 1 is 1.08 bits per heavy atom. The molecule has 1 saturated heterocycles. The third kappa shape index (κ3) is 7.56. The van der Waals surface area contributed by atoms with Crippen molar-refractivity contribution in [3.63, 3.8) is 0 Å². The third-order valence-corrected chi connectivity index (χ3v) is 2.86. The molecule has 0 aromatic carbocycles. The third-order valence-electron chi connectivity index (χ3n) is 2.86. The Morgan fingerprint density at radius 3 is 1.92 bits per heavy atom. The van der Waals surface area contributed by atoms with E-state index in [9.17, 15) is 43.9 Å². The average Bonchev–Trinajstić information content (AvgIpc) is 2.51. The lowest BCUT2D eigenvalue weighted by Crippen LogP contribution is -2.58. The van der Waals surface area contributed by atoms with E-state index in [2.05, 4.69) is 20.8 Å². The van der Waals surface area contributed by atoms with Crippen molar-refractivity contribution in [2.75, 3.05) is 19.9 Å². The van der Waals surface area contributed by atoms with Gasteiger partial charge in [0.25, 0.3) is 6.10 Å². The number of halogens is 10. The Bertz CT molecular complexity index is 421. The van der Waals surface area contributed by atoms with Crippen molar-refractivity contribution in [3.8, 4) is 0 Å². The smallest absolute Gasteiger partial charge is 0.431 e. The van der Waals surface area contributed by atoms with Crippen LogP contribution in [-0.2, 0) is 14.2 Å². The van der Waals surface area contributed by atoms with Crippen LogP contribution in [-0.4, -0.2) is 62.6 Å². The van der Waals surface area contributed by atoms with Crippen LogP contribution in [0.3, 0.4) is 0 Å². The van der Waals surface area contributed by atoms with Crippen LogP contribution < -0.4 is 0 Å². The summed E-state index contributed by atoms with van der Waals surface area (Å²) >= 11 is 0. The predicted molar refractivity (Wildman–Crippen MR) is 68.2 cm³/mol. The molecule has 0 N–H and O–H groups in total. The second-order valence-electron chi connectivity index (χ2n) is 5.00. The predicted octanol–water partition coefficient (Wildman–Crippen LogP) is 4.37. The molecule has 0 aromatic heterocycles. The molecule has 13 heteroatoms. The molecule has 0 aliphatic carbocycles. The minimum Gasteiger partial charge on any atom is -0.483 e. The zero-order valence-electron chi connectivity index (χ0n) is 13.2. The molecule has 1 aliphatic rings. The quantitative estimate of drug-likeness (QED) is 0.498. The zero-order valence-corrected chi connectivity index (χ0v) is 13.2. The van der Waals surface area contributed by atoms with Gasteiger partial charge in [-0.15, -0.1) is 0 Å². The Morgan fingerprint density at radius 2 is 1.58 bits per heavy atom. The monoisotopic (exact) mass is 410 g/mol. The fourth-order valence-electron chi connectivity index (χ4n) is 1.55. The van der Waals surface area contributed by atoms with Crippen molar-refractivity contribution in [2.24, 2.45) is 0 Å². The fourth-order valence-corrected chi connectivity index (χ4v) is 1.55. The van der Waals surface area contributed by atoms with E-state index < -0.39 is 56.0 Å². The van der Waals surface area contributed by atoms with Gasteiger partial charge >= 0.3 is 18.3 Å². The first-order valence-electron chi connectivity index (χ1n) is 6.88. The van der Waals surface area contributed by atoms with Gasteiger partial charge in [0.05, 0.1) is 19.5 Å². The highest BCUT2D eigenvalue weighted by atomic mass is 19.4. The first-order valence-corrected chi connectivity index (χ1v) is 6.88. The number of ether oxygens (including phenoxy) is 3. The molecule has 1 fully saturated rings. The van der Waals surface area contributed by atoms with Gasteiger partial charge in [0, 0.05) is 0 Å². The molecule has 1 rings (SSSR count). The molecule has 0 spiro atoms. The Balaban J connectivity index is 0.000000758. The summed E-state index contributed by atoms with van der Waals surface area (Å²) in [6.45, 7) is 1.07. The van der Waals surface area contributed by atoms with E-state index in [4.69, 9.17) is 0 Å². The minimum absolute atomic E-state index is 0.266. The van der Waals surface area contributed by atoms with Gasteiger partial charge in [-0.3, -0.25) is 0 Å². The summed E-state index contributed by atoms with van der Waals surface area (Å²) < 4.78 is 134. The van der Waals surface area contributed by atoms with Gasteiger partial charge in [-0.2, -0.15) is 35.1 Å². The van der Waals surface area contributed by atoms with Crippen LogP contribution in [0.4, 0.5) is 43.9 Å². The summed E-state index contributed by atoms with van der Waals surface area (Å²) in [6.07, 6.45) is -19.4. The normalized spacial score (nSPS) is 24.1. The first-order chi connectivity index (χ1) is 11.7. The Hall–Kier alpha value is -1.24. The van der Waals surface area contributed by atoms with E-state index in [1.165, 1.54) is 0 Å². The SMILES string of the molecule is C=COC(C(F)(F)F)C(F)(F)C1COCC(CF)O1.CC(F)C(F)(F)F. The topological polar surface area (TPSA) is 27.7 Å². The van der Waals surface area contributed by atoms with Crippen molar-refractivity contribution < 1.29 is 58.1 Å². The first kappa shape index (κ1) is 24.8. The Kier molecular flexibility index (Phi) is 9.17. The molecule has 0 amide bonds. The molecule has 3 nitrogen and oxygen atoms in total. The van der Waals surface area contributed by atoms with Crippen LogP contribution in [0.2, 0.25) is 0 Å². The van der Waals surface area contributed by atoms with Crippen LogP contribution in [0, 0.1) is 0 Å². The summed E-state index contributed by atoms with van der Waals surface area (Å²) in [5.41, 5.74) is 0. The molecule has 4 unspecified atom stereocenters. The lowest BCUT2D eigenvalue weighted by Gasteiger charge is -2.37. The van der Waals surface area contributed by atoms with Crippen molar-refractivity contribution in [2.45, 2.75) is 49.7 Å². The molecule has 0 aromatic rings. The van der Waals surface area contributed by atoms with Crippen molar-refractivity contribution in [1.29, 1.82) is 0 Å². The highest BCUT2D eigenvalue weighted by Crippen LogP contribution is 2.39. The zero-order chi connectivity index (χ0) is 20.8. The van der Waals surface area contributed by atoms with Crippen LogP contribution >= 0.6 is 0 Å². The number of rotatable bonds is 5. The molecule has 0 saturated carbocycles. The van der Waals surface area contributed by atoms with Gasteiger partial charge in [-0.1, -0.05) is 6.58 Å². The van der Waals surface area contributed by atoms with E-state index in [-0.39, 0.29) is 12.9 Å². The summed E-state index contributed by atoms with van der Waals surface area (Å²) in [6, 6.07) is 0. The Labute approximate surface area is 141 Å². The van der Waals surface area contributed by atoms with Gasteiger partial charge < -0.3 is 14.2 Å². The van der Waals surface area contributed by atoms with E-state index in [0.717, 1.165) is 0 Å². The highest BCUT2D eigenvalue weighted by Gasteiger charge is 2.62. The van der Waals surface area contributed by atoms with Crippen LogP contribution in [0.25, 0.3) is 0 Å². The van der Waals surface area contributed by atoms with Gasteiger partial charge in [-0.25, -0.2) is 8.78 Å². The van der Waals surface area contributed by atoms with Gasteiger partial charge in [-0.05, 0) is 6.92 Å². The van der Waals surface area contributed by atoms with Crippen molar-refractivity contribution in [3.05, 3.63) is 12.8 Å². The molecular formula is C13H16F10O3. The fraction of sp³-hybridized carbons (Fsp3) is 0.846. The van der Waals surface area contributed by atoms with Crippen molar-refractivity contribution >= 4 is 0 Å². The van der Waals surface area contributed by atoms with Gasteiger partial charge in [0.1, 0.15) is 18.9 Å². The number of hydrogen-bond acceptors (Lipinski definition) is 3. The maximum atomic E-state index is 13.7. The second kappa shape index (κ2) is 9.62. The molecule has 26 heavy (non-hydrogen) atoms. The van der Waals surface area contributed by atoms with E-state index in [1.807, 2.05) is 0 Å². The maximum Gasteiger partial charge on any atom is 0.431 e. The molecular weight excluding hydrogens is 394 g/mol. The highest BCUT2D eigenvalue weighted by molar-refractivity contribution is 4.93. The summed E-state index contributed by atoms with van der Waals surface area (Å²) in [4.78, 5) is 0. The van der Waals surface area contributed by atoms with Crippen molar-refractivity contribution in [1.82, 2.24) is 0 Å². The largest absolute Gasteiger partial charge is 0.483 e. The molecule has 0 bridgehead atoms. The molecule has 156 valence electrons. The lowest BCUT2D eigenvalue weighted by atomic mass is 10.1. The summed E-state index contributed by atoms with van der Waals surface area (Å²) in [7, 11) is 0. The second-order valence-corrected chi connectivity index (χ2v) is 5.00. The summed E-state index contributed by atoms with van der Waals surface area (Å²) in [5, 5.41) is 0. The van der Waals surface area contributed by atoms with Gasteiger partial charge in [0.2, 0.25) is 0 Å². The standard InChI is InChI=1S/C10H12F6O3.C3H4F4/c1-2-18-8(10(14,15)16)9(12,13)7-5-17-4-6(3-11)19-7;1-2(4)3(5,6)7/h2,6-8H,1,3-5H2;2H,1H3. The van der Waals surface area contributed by atoms with Gasteiger partial charge in [0.15, 0.2) is 6.17 Å². The average molecular weight is 410 g/mol. The summed E-state index contributed by atoms with van der Waals surface area (Å²) in [5.74, 6) is -4.43. The van der Waals surface area contributed by atoms with Crippen LogP contribution in [0.1, 0.15) is 6.92 Å². The minimum atomic E-state index is -5.33. The number of alkyl halides is 10. The molecule has 0 radical (unpaired) electrons. The molecule has 4 atom stereocenters. The van der Waals surface area contributed by atoms with E-state index in [1.54, 1.807) is 0 Å². The molecule has 1 aliphatic heterocycles. The maximum absolute atomic E-state index is 13.7. The van der Waals surface area contributed by atoms with E-state index in [0.29, 0.717) is 6.92 Å².